The highest BCUT2D eigenvalue weighted by Crippen LogP contribution is 2.24. The average Bonchev–Trinajstić information content (AvgIpc) is 3.21. The van der Waals surface area contributed by atoms with E-state index in [0.717, 1.165) is 43.3 Å². The van der Waals surface area contributed by atoms with Crippen molar-refractivity contribution < 1.29 is 4.79 Å². The molecule has 6 heteroatoms. The van der Waals surface area contributed by atoms with E-state index in [1.807, 2.05) is 35.4 Å². The van der Waals surface area contributed by atoms with Gasteiger partial charge in [0.2, 0.25) is 0 Å². The average molecular weight is 323 g/mol. The van der Waals surface area contributed by atoms with Crippen molar-refractivity contribution in [3.63, 3.8) is 0 Å². The number of nitrogens with zero attached hydrogens (tertiary/aromatic N) is 3. The lowest BCUT2D eigenvalue weighted by Gasteiger charge is -2.32. The van der Waals surface area contributed by atoms with Gasteiger partial charge in [0.1, 0.15) is 0 Å². The first-order valence-electron chi connectivity index (χ1n) is 8.43. The Hall–Kier alpha value is -2.63. The molecule has 1 fully saturated rings. The van der Waals surface area contributed by atoms with Crippen LogP contribution in [0.1, 0.15) is 34.6 Å². The summed E-state index contributed by atoms with van der Waals surface area (Å²) in [5.74, 6) is 0.491. The lowest BCUT2D eigenvalue weighted by molar-refractivity contribution is 0.0668. The van der Waals surface area contributed by atoms with Crippen LogP contribution in [0.25, 0.3) is 10.9 Å². The molecule has 1 saturated heterocycles. The van der Waals surface area contributed by atoms with E-state index >= 15 is 0 Å². The zero-order chi connectivity index (χ0) is 16.5. The van der Waals surface area contributed by atoms with Gasteiger partial charge in [0.15, 0.2) is 5.69 Å². The van der Waals surface area contributed by atoms with Crippen LogP contribution in [-0.4, -0.2) is 44.3 Å². The SMILES string of the molecule is Cc1cn[nH]c1C[C@@H]1CCCN(C(=O)c2n[nH]c3ccccc23)C1. The molecule has 6 nitrogen and oxygen atoms in total. The van der Waals surface area contributed by atoms with Gasteiger partial charge < -0.3 is 4.90 Å². The minimum Gasteiger partial charge on any atom is -0.337 e. The first kappa shape index (κ1) is 14.9. The Morgan fingerprint density at radius 3 is 3.04 bits per heavy atom. The molecule has 1 aliphatic heterocycles. The van der Waals surface area contributed by atoms with E-state index in [2.05, 4.69) is 27.3 Å². The Morgan fingerprint density at radius 1 is 1.33 bits per heavy atom. The first-order valence-corrected chi connectivity index (χ1v) is 8.43. The number of carbonyl (C=O) groups is 1. The molecule has 124 valence electrons. The first-order chi connectivity index (χ1) is 11.7. The van der Waals surface area contributed by atoms with E-state index < -0.39 is 0 Å². The highest BCUT2D eigenvalue weighted by Gasteiger charge is 2.27. The van der Waals surface area contributed by atoms with Crippen LogP contribution in [0.4, 0.5) is 0 Å². The van der Waals surface area contributed by atoms with Crippen molar-refractivity contribution >= 4 is 16.8 Å². The van der Waals surface area contributed by atoms with Crippen molar-refractivity contribution in [1.29, 1.82) is 0 Å². The molecule has 0 unspecified atom stereocenters. The minimum atomic E-state index is 0.0264. The van der Waals surface area contributed by atoms with Crippen LogP contribution in [0.15, 0.2) is 30.5 Å². The van der Waals surface area contributed by atoms with Gasteiger partial charge >= 0.3 is 0 Å². The molecular weight excluding hydrogens is 302 g/mol. The third kappa shape index (κ3) is 2.68. The van der Waals surface area contributed by atoms with Gasteiger partial charge in [0.25, 0.3) is 5.91 Å². The van der Waals surface area contributed by atoms with Gasteiger partial charge in [0.05, 0.1) is 11.7 Å². The number of rotatable bonds is 3. The molecule has 1 atom stereocenters. The van der Waals surface area contributed by atoms with Crippen molar-refractivity contribution in [2.45, 2.75) is 26.2 Å². The molecule has 0 spiro atoms. The fraction of sp³-hybridized carbons (Fsp3) is 0.389. The summed E-state index contributed by atoms with van der Waals surface area (Å²) in [6.07, 6.45) is 4.98. The van der Waals surface area contributed by atoms with Crippen molar-refractivity contribution in [1.82, 2.24) is 25.3 Å². The van der Waals surface area contributed by atoms with Crippen LogP contribution in [0.2, 0.25) is 0 Å². The largest absolute Gasteiger partial charge is 0.337 e. The number of piperidine rings is 1. The lowest BCUT2D eigenvalue weighted by atomic mass is 9.92. The maximum Gasteiger partial charge on any atom is 0.275 e. The maximum absolute atomic E-state index is 12.9. The molecule has 2 aromatic heterocycles. The number of para-hydroxylation sites is 1. The minimum absolute atomic E-state index is 0.0264. The van der Waals surface area contributed by atoms with Crippen molar-refractivity contribution in [3.8, 4) is 0 Å². The summed E-state index contributed by atoms with van der Waals surface area (Å²) in [6.45, 7) is 3.65. The number of likely N-dealkylation sites (tertiary alicyclic amines) is 1. The number of fused-ring (bicyclic) bond motifs is 1. The fourth-order valence-corrected chi connectivity index (χ4v) is 3.56. The molecule has 2 N–H and O–H groups in total. The maximum atomic E-state index is 12.9. The number of amides is 1. The van der Waals surface area contributed by atoms with Crippen LogP contribution in [0.5, 0.6) is 0 Å². The van der Waals surface area contributed by atoms with E-state index in [4.69, 9.17) is 0 Å². The summed E-state index contributed by atoms with van der Waals surface area (Å²) in [5.41, 5.74) is 3.81. The second-order valence-corrected chi connectivity index (χ2v) is 6.61. The third-order valence-corrected chi connectivity index (χ3v) is 4.91. The van der Waals surface area contributed by atoms with E-state index in [9.17, 15) is 4.79 Å². The number of aromatic nitrogens is 4. The van der Waals surface area contributed by atoms with Gasteiger partial charge in [-0.3, -0.25) is 15.0 Å². The Morgan fingerprint density at radius 2 is 2.21 bits per heavy atom. The summed E-state index contributed by atoms with van der Waals surface area (Å²) in [5, 5.41) is 15.3. The van der Waals surface area contributed by atoms with Gasteiger partial charge in [-0.1, -0.05) is 18.2 Å². The number of carbonyl (C=O) groups excluding carboxylic acids is 1. The van der Waals surface area contributed by atoms with Crippen molar-refractivity contribution in [3.05, 3.63) is 47.4 Å². The highest BCUT2D eigenvalue weighted by atomic mass is 16.2. The van der Waals surface area contributed by atoms with Crippen LogP contribution in [0, 0.1) is 12.8 Å². The summed E-state index contributed by atoms with van der Waals surface area (Å²) in [6, 6.07) is 7.77. The van der Waals surface area contributed by atoms with Gasteiger partial charge in [-0.25, -0.2) is 0 Å². The number of H-pyrrole nitrogens is 2. The van der Waals surface area contributed by atoms with Gasteiger partial charge in [-0.2, -0.15) is 10.2 Å². The number of aromatic amines is 2. The third-order valence-electron chi connectivity index (χ3n) is 4.91. The summed E-state index contributed by atoms with van der Waals surface area (Å²) in [7, 11) is 0. The lowest BCUT2D eigenvalue weighted by Crippen LogP contribution is -2.40. The topological polar surface area (TPSA) is 77.7 Å². The predicted octanol–water partition coefficient (Wildman–Crippen LogP) is 2.69. The van der Waals surface area contributed by atoms with Crippen LogP contribution in [-0.2, 0) is 6.42 Å². The van der Waals surface area contributed by atoms with Crippen molar-refractivity contribution in [2.75, 3.05) is 13.1 Å². The molecule has 0 bridgehead atoms. The van der Waals surface area contributed by atoms with Gasteiger partial charge in [-0.05, 0) is 43.7 Å². The second kappa shape index (κ2) is 6.11. The molecule has 0 radical (unpaired) electrons. The molecule has 0 aliphatic carbocycles. The molecule has 24 heavy (non-hydrogen) atoms. The van der Waals surface area contributed by atoms with E-state index in [1.54, 1.807) is 0 Å². The molecule has 1 amide bonds. The smallest absolute Gasteiger partial charge is 0.275 e. The Labute approximate surface area is 140 Å². The van der Waals surface area contributed by atoms with E-state index in [0.29, 0.717) is 11.6 Å². The number of nitrogens with one attached hydrogen (secondary N) is 2. The van der Waals surface area contributed by atoms with Gasteiger partial charge in [-0.15, -0.1) is 0 Å². The monoisotopic (exact) mass is 323 g/mol. The Balaban J connectivity index is 1.51. The summed E-state index contributed by atoms with van der Waals surface area (Å²) >= 11 is 0. The molecular formula is C18H21N5O. The molecule has 1 aromatic carbocycles. The Bertz CT molecular complexity index is 865. The number of hydrogen-bond donors (Lipinski definition) is 2. The molecule has 4 rings (SSSR count). The molecule has 3 heterocycles. The second-order valence-electron chi connectivity index (χ2n) is 6.61. The standard InChI is InChI=1S/C18H21N5O/c1-12-10-19-20-16(12)9-13-5-4-8-23(11-13)18(24)17-14-6-2-3-7-15(14)21-22-17/h2-3,6-7,10,13H,4-5,8-9,11H2,1H3,(H,19,20)(H,21,22)/t13-/m0/s1. The zero-order valence-electron chi connectivity index (χ0n) is 13.7. The van der Waals surface area contributed by atoms with Crippen LogP contribution >= 0.6 is 0 Å². The molecule has 3 aromatic rings. The molecule has 0 saturated carbocycles. The highest BCUT2D eigenvalue weighted by molar-refractivity contribution is 6.04. The zero-order valence-corrected chi connectivity index (χ0v) is 13.7. The summed E-state index contributed by atoms with van der Waals surface area (Å²) in [4.78, 5) is 14.9. The van der Waals surface area contributed by atoms with Crippen LogP contribution < -0.4 is 0 Å². The number of benzene rings is 1. The number of hydrogen-bond acceptors (Lipinski definition) is 3. The van der Waals surface area contributed by atoms with E-state index in [1.165, 1.54) is 11.3 Å². The van der Waals surface area contributed by atoms with E-state index in [-0.39, 0.29) is 5.91 Å². The Kier molecular flexibility index (Phi) is 3.80. The molecule has 1 aliphatic rings. The summed E-state index contributed by atoms with van der Waals surface area (Å²) < 4.78 is 0. The number of aryl methyl sites for hydroxylation is 1. The quantitative estimate of drug-likeness (QED) is 0.778. The predicted molar refractivity (Wildman–Crippen MR) is 91.7 cm³/mol. The van der Waals surface area contributed by atoms with Gasteiger partial charge in [0, 0.05) is 24.2 Å². The normalized spacial score (nSPS) is 18.2. The fourth-order valence-electron chi connectivity index (χ4n) is 3.56. The van der Waals surface area contributed by atoms with Crippen molar-refractivity contribution in [2.24, 2.45) is 5.92 Å². The van der Waals surface area contributed by atoms with Crippen LogP contribution in [0.3, 0.4) is 0 Å².